The third kappa shape index (κ3) is 2.24. The van der Waals surface area contributed by atoms with E-state index in [9.17, 15) is 0 Å². The molecule has 6 nitrogen and oxygen atoms in total. The van der Waals surface area contributed by atoms with Gasteiger partial charge in [-0.3, -0.25) is 0 Å². The van der Waals surface area contributed by atoms with Gasteiger partial charge >= 0.3 is 0 Å². The summed E-state index contributed by atoms with van der Waals surface area (Å²) in [7, 11) is 0. The van der Waals surface area contributed by atoms with Crippen LogP contribution in [-0.4, -0.2) is 33.2 Å². The van der Waals surface area contributed by atoms with Crippen LogP contribution in [0.1, 0.15) is 30.2 Å². The Balaban J connectivity index is 1.82. The molecule has 3 rings (SSSR count). The van der Waals surface area contributed by atoms with Gasteiger partial charge in [-0.15, -0.1) is 0 Å². The molecule has 0 unspecified atom stereocenters. The highest BCUT2D eigenvalue weighted by Crippen LogP contribution is 2.23. The molecule has 0 spiro atoms. The Bertz CT molecular complexity index is 516. The van der Waals surface area contributed by atoms with E-state index in [-0.39, 0.29) is 0 Å². The molecular weight excluding hydrogens is 230 g/mol. The number of aromatic nitrogens is 4. The Hall–Kier alpha value is -1.82. The van der Waals surface area contributed by atoms with Gasteiger partial charge in [0, 0.05) is 18.9 Å². The number of nitrogens with one attached hydrogen (secondary N) is 1. The standard InChI is InChI=1S/C12H15N5O/c1-8-5-14-10(15-6-8)11-16-12(18-17-11)9-3-2-4-13-7-9/h5-6,9,13H,2-4,7H2,1H3/t9-/m1/s1. The molecule has 6 heteroatoms. The molecule has 3 heterocycles. The molecule has 18 heavy (non-hydrogen) atoms. The first-order chi connectivity index (χ1) is 8.83. The Labute approximate surface area is 105 Å². The number of hydrogen-bond donors (Lipinski definition) is 1. The molecule has 1 N–H and O–H groups in total. The second kappa shape index (κ2) is 4.81. The van der Waals surface area contributed by atoms with Crippen molar-refractivity contribution in [1.29, 1.82) is 0 Å². The first kappa shape index (κ1) is 11.3. The van der Waals surface area contributed by atoms with Crippen molar-refractivity contribution in [3.8, 4) is 11.6 Å². The fourth-order valence-electron chi connectivity index (χ4n) is 2.06. The van der Waals surface area contributed by atoms with E-state index in [0.29, 0.717) is 23.5 Å². The van der Waals surface area contributed by atoms with E-state index < -0.39 is 0 Å². The lowest BCUT2D eigenvalue weighted by atomic mass is 10.00. The maximum Gasteiger partial charge on any atom is 0.240 e. The van der Waals surface area contributed by atoms with Crippen LogP contribution in [0.4, 0.5) is 0 Å². The predicted molar refractivity (Wildman–Crippen MR) is 64.9 cm³/mol. The van der Waals surface area contributed by atoms with E-state index in [2.05, 4.69) is 25.4 Å². The highest BCUT2D eigenvalue weighted by atomic mass is 16.5. The number of rotatable bonds is 2. The van der Waals surface area contributed by atoms with E-state index in [1.54, 1.807) is 12.4 Å². The van der Waals surface area contributed by atoms with Gasteiger partial charge in [0.2, 0.25) is 17.5 Å². The van der Waals surface area contributed by atoms with E-state index in [1.165, 1.54) is 0 Å². The largest absolute Gasteiger partial charge is 0.339 e. The molecule has 1 aliphatic heterocycles. The van der Waals surface area contributed by atoms with Crippen molar-refractivity contribution < 1.29 is 4.52 Å². The topological polar surface area (TPSA) is 76.7 Å². The summed E-state index contributed by atoms with van der Waals surface area (Å²) < 4.78 is 5.31. The van der Waals surface area contributed by atoms with Crippen molar-refractivity contribution in [1.82, 2.24) is 25.4 Å². The van der Waals surface area contributed by atoms with E-state index >= 15 is 0 Å². The maximum atomic E-state index is 5.31. The molecule has 2 aromatic rings. The molecule has 1 aliphatic rings. The minimum absolute atomic E-state index is 0.311. The lowest BCUT2D eigenvalue weighted by Crippen LogP contribution is -2.28. The van der Waals surface area contributed by atoms with Gasteiger partial charge in [-0.2, -0.15) is 4.98 Å². The smallest absolute Gasteiger partial charge is 0.240 e. The summed E-state index contributed by atoms with van der Waals surface area (Å²) in [6.07, 6.45) is 5.73. The Morgan fingerprint density at radius 1 is 1.28 bits per heavy atom. The van der Waals surface area contributed by atoms with Crippen molar-refractivity contribution in [3.05, 3.63) is 23.8 Å². The van der Waals surface area contributed by atoms with Crippen LogP contribution in [0, 0.1) is 6.92 Å². The summed E-state index contributed by atoms with van der Waals surface area (Å²) in [4.78, 5) is 12.8. The monoisotopic (exact) mass is 245 g/mol. The van der Waals surface area contributed by atoms with E-state index in [0.717, 1.165) is 31.5 Å². The highest BCUT2D eigenvalue weighted by molar-refractivity contribution is 5.41. The van der Waals surface area contributed by atoms with Gasteiger partial charge in [-0.25, -0.2) is 9.97 Å². The SMILES string of the molecule is Cc1cnc(-c2noc([C@@H]3CCCNC3)n2)nc1. The van der Waals surface area contributed by atoms with Crippen molar-refractivity contribution >= 4 is 0 Å². The molecule has 0 aliphatic carbocycles. The minimum atomic E-state index is 0.311. The Morgan fingerprint density at radius 2 is 2.11 bits per heavy atom. The number of aryl methyl sites for hydroxylation is 1. The molecule has 0 saturated carbocycles. The molecule has 0 radical (unpaired) electrons. The van der Waals surface area contributed by atoms with Crippen LogP contribution in [0.5, 0.6) is 0 Å². The quantitative estimate of drug-likeness (QED) is 0.859. The normalized spacial score (nSPS) is 19.9. The summed E-state index contributed by atoms with van der Waals surface area (Å²) in [5, 5.41) is 7.28. The number of hydrogen-bond acceptors (Lipinski definition) is 6. The van der Waals surface area contributed by atoms with Crippen LogP contribution in [0.25, 0.3) is 11.6 Å². The summed E-state index contributed by atoms with van der Waals surface area (Å²) in [5.74, 6) is 1.97. The molecule has 0 amide bonds. The van der Waals surface area contributed by atoms with Crippen molar-refractivity contribution in [2.45, 2.75) is 25.7 Å². The second-order valence-corrected chi connectivity index (χ2v) is 4.58. The summed E-state index contributed by atoms with van der Waals surface area (Å²) in [5.41, 5.74) is 1.01. The van der Waals surface area contributed by atoms with Gasteiger partial charge in [0.15, 0.2) is 0 Å². The van der Waals surface area contributed by atoms with Gasteiger partial charge < -0.3 is 9.84 Å². The molecule has 94 valence electrons. The van der Waals surface area contributed by atoms with Gasteiger partial charge in [-0.1, -0.05) is 5.16 Å². The second-order valence-electron chi connectivity index (χ2n) is 4.58. The van der Waals surface area contributed by atoms with Gasteiger partial charge in [-0.05, 0) is 31.9 Å². The van der Waals surface area contributed by atoms with Crippen molar-refractivity contribution in [2.24, 2.45) is 0 Å². The molecule has 0 aromatic carbocycles. The average Bonchev–Trinajstić information content (AvgIpc) is 2.90. The van der Waals surface area contributed by atoms with Crippen LogP contribution in [0.3, 0.4) is 0 Å². The summed E-state index contributed by atoms with van der Waals surface area (Å²) in [6, 6.07) is 0. The zero-order valence-electron chi connectivity index (χ0n) is 10.3. The fourth-order valence-corrected chi connectivity index (χ4v) is 2.06. The van der Waals surface area contributed by atoms with Gasteiger partial charge in [0.05, 0.1) is 5.92 Å². The average molecular weight is 245 g/mol. The van der Waals surface area contributed by atoms with Gasteiger partial charge in [0.1, 0.15) is 0 Å². The number of nitrogens with zero attached hydrogens (tertiary/aromatic N) is 4. The van der Waals surface area contributed by atoms with Crippen LogP contribution in [0.15, 0.2) is 16.9 Å². The molecule has 2 aromatic heterocycles. The Kier molecular flexibility index (Phi) is 3.02. The van der Waals surface area contributed by atoms with Crippen LogP contribution in [-0.2, 0) is 0 Å². The van der Waals surface area contributed by atoms with E-state index in [4.69, 9.17) is 4.52 Å². The molecule has 1 atom stereocenters. The third-order valence-corrected chi connectivity index (χ3v) is 3.07. The fraction of sp³-hybridized carbons (Fsp3) is 0.500. The van der Waals surface area contributed by atoms with Crippen LogP contribution in [0.2, 0.25) is 0 Å². The van der Waals surface area contributed by atoms with Crippen LogP contribution >= 0.6 is 0 Å². The van der Waals surface area contributed by atoms with Crippen molar-refractivity contribution in [3.63, 3.8) is 0 Å². The lowest BCUT2D eigenvalue weighted by molar-refractivity contribution is 0.322. The predicted octanol–water partition coefficient (Wildman–Crippen LogP) is 1.30. The Morgan fingerprint density at radius 3 is 2.83 bits per heavy atom. The molecule has 0 bridgehead atoms. The zero-order valence-corrected chi connectivity index (χ0v) is 10.3. The van der Waals surface area contributed by atoms with E-state index in [1.807, 2.05) is 6.92 Å². The summed E-state index contributed by atoms with van der Waals surface area (Å²) >= 11 is 0. The first-order valence-electron chi connectivity index (χ1n) is 6.16. The van der Waals surface area contributed by atoms with Gasteiger partial charge in [0.25, 0.3) is 0 Å². The maximum absolute atomic E-state index is 5.31. The van der Waals surface area contributed by atoms with Crippen molar-refractivity contribution in [2.75, 3.05) is 13.1 Å². The number of piperidine rings is 1. The lowest BCUT2D eigenvalue weighted by Gasteiger charge is -2.18. The third-order valence-electron chi connectivity index (χ3n) is 3.07. The molecular formula is C12H15N5O. The molecule has 1 saturated heterocycles. The summed E-state index contributed by atoms with van der Waals surface area (Å²) in [6.45, 7) is 3.91. The zero-order chi connectivity index (χ0) is 12.4. The molecule has 1 fully saturated rings. The minimum Gasteiger partial charge on any atom is -0.339 e. The highest BCUT2D eigenvalue weighted by Gasteiger charge is 2.22. The van der Waals surface area contributed by atoms with Crippen LogP contribution < -0.4 is 5.32 Å². The first-order valence-corrected chi connectivity index (χ1v) is 6.16.